The predicted octanol–water partition coefficient (Wildman–Crippen LogP) is 5.75. The van der Waals surface area contributed by atoms with E-state index in [1.165, 1.54) is 24.7 Å². The molecule has 1 saturated carbocycles. The number of methoxy groups -OCH3 is 1. The van der Waals surface area contributed by atoms with E-state index in [2.05, 4.69) is 66.0 Å². The summed E-state index contributed by atoms with van der Waals surface area (Å²) in [5, 5.41) is 3.62. The Bertz CT molecular complexity index is 1160. The first-order chi connectivity index (χ1) is 19.1. The monoisotopic (exact) mass is 530 g/mol. The van der Waals surface area contributed by atoms with E-state index in [0.29, 0.717) is 25.5 Å². The number of hydrogen-bond acceptors (Lipinski definition) is 5. The molecule has 5 rings (SSSR count). The number of amides is 1. The Labute approximate surface area is 232 Å². The first kappa shape index (κ1) is 27.6. The van der Waals surface area contributed by atoms with Crippen LogP contribution in [0.25, 0.3) is 17.2 Å². The molecule has 0 spiro atoms. The molecule has 1 N–H and O–H groups in total. The first-order valence-electron chi connectivity index (χ1n) is 14.7. The van der Waals surface area contributed by atoms with Gasteiger partial charge < -0.3 is 19.7 Å². The van der Waals surface area contributed by atoms with Crippen LogP contribution in [0.1, 0.15) is 68.9 Å². The van der Waals surface area contributed by atoms with E-state index in [4.69, 9.17) is 9.47 Å². The maximum absolute atomic E-state index is 14.0. The lowest BCUT2D eigenvalue weighted by Gasteiger charge is -2.34. The number of nitrogens with one attached hydrogen (secondary N) is 1. The lowest BCUT2D eigenvalue weighted by molar-refractivity contribution is -0.152. The maximum Gasteiger partial charge on any atom is 0.328 e. The molecule has 0 aromatic heterocycles. The van der Waals surface area contributed by atoms with E-state index in [1.807, 2.05) is 0 Å². The number of ether oxygens (including phenoxy) is 2. The molecule has 3 atom stereocenters. The van der Waals surface area contributed by atoms with Crippen LogP contribution < -0.4 is 5.32 Å². The number of hydrogen-bond donors (Lipinski definition) is 1. The summed E-state index contributed by atoms with van der Waals surface area (Å²) >= 11 is 0. The molecule has 1 amide bonds. The highest BCUT2D eigenvalue weighted by molar-refractivity contribution is 5.88. The minimum absolute atomic E-state index is 0.0261. The van der Waals surface area contributed by atoms with E-state index < -0.39 is 6.04 Å². The molecule has 3 aliphatic rings. The van der Waals surface area contributed by atoms with Crippen LogP contribution in [0.3, 0.4) is 0 Å². The van der Waals surface area contributed by atoms with Gasteiger partial charge in [0.05, 0.1) is 25.9 Å². The summed E-state index contributed by atoms with van der Waals surface area (Å²) < 4.78 is 11.5. The molecule has 1 aliphatic carbocycles. The van der Waals surface area contributed by atoms with E-state index in [9.17, 15) is 9.59 Å². The molecule has 2 aromatic rings. The SMILES string of the molecule is COC(=O)[C@@H]1C[C@@H]2CN1C(=O)[C@H](C1CCCCC1)NCCCCC=Cc1cccc(c1)-c1cccc(c1)CO2. The van der Waals surface area contributed by atoms with Gasteiger partial charge in [0, 0.05) is 13.0 Å². The van der Waals surface area contributed by atoms with Gasteiger partial charge in [-0.05, 0) is 79.0 Å². The van der Waals surface area contributed by atoms with Crippen molar-refractivity contribution in [3.05, 3.63) is 65.7 Å². The minimum atomic E-state index is -0.603. The number of carbonyl (C=O) groups excluding carboxylic acids is 2. The maximum atomic E-state index is 14.0. The van der Waals surface area contributed by atoms with Crippen LogP contribution in [0, 0.1) is 5.92 Å². The van der Waals surface area contributed by atoms with E-state index in [1.54, 1.807) is 4.90 Å². The third-order valence-electron chi connectivity index (χ3n) is 8.51. The largest absolute Gasteiger partial charge is 0.467 e. The number of benzene rings is 2. The molecule has 6 bridgehead atoms. The van der Waals surface area contributed by atoms with Crippen molar-refractivity contribution < 1.29 is 19.1 Å². The van der Waals surface area contributed by atoms with Gasteiger partial charge in [-0.25, -0.2) is 4.79 Å². The zero-order chi connectivity index (χ0) is 27.0. The summed E-state index contributed by atoms with van der Waals surface area (Å²) in [4.78, 5) is 28.6. The lowest BCUT2D eigenvalue weighted by Crippen LogP contribution is -2.54. The zero-order valence-electron chi connectivity index (χ0n) is 23.1. The molecule has 2 aromatic carbocycles. The Balaban J connectivity index is 1.40. The third kappa shape index (κ3) is 6.98. The average Bonchev–Trinajstić information content (AvgIpc) is 3.41. The normalized spacial score (nSPS) is 25.3. The fraction of sp³-hybridized carbons (Fsp3) is 0.515. The predicted molar refractivity (Wildman–Crippen MR) is 154 cm³/mol. The van der Waals surface area contributed by atoms with Crippen LogP contribution >= 0.6 is 0 Å². The summed E-state index contributed by atoms with van der Waals surface area (Å²) in [6.07, 6.45) is 13.4. The molecule has 39 heavy (non-hydrogen) atoms. The van der Waals surface area contributed by atoms with Crippen molar-refractivity contribution in [2.24, 2.45) is 5.92 Å². The van der Waals surface area contributed by atoms with E-state index in [0.717, 1.165) is 62.6 Å². The summed E-state index contributed by atoms with van der Waals surface area (Å²) in [5.41, 5.74) is 4.60. The summed E-state index contributed by atoms with van der Waals surface area (Å²) in [7, 11) is 1.40. The standard InChI is InChI=1S/C33H42N2O4/c1-38-33(37)30-21-29-22-35(30)32(36)31(26-14-6-4-7-15-26)34-18-8-3-2-5-11-24-12-9-16-27(19-24)28-17-10-13-25(20-28)23-39-29/h5,9-13,16-17,19-20,26,29-31,34H,2-4,6-8,14-15,18,21-23H2,1H3/t29-,30+,31+/m1/s1. The van der Waals surface area contributed by atoms with Gasteiger partial charge in [0.2, 0.25) is 5.91 Å². The van der Waals surface area contributed by atoms with E-state index in [-0.39, 0.29) is 24.0 Å². The summed E-state index contributed by atoms with van der Waals surface area (Å²) in [5.74, 6) is -0.0284. The Morgan fingerprint density at radius 2 is 1.79 bits per heavy atom. The van der Waals surface area contributed by atoms with Crippen molar-refractivity contribution in [2.75, 3.05) is 20.2 Å². The van der Waals surface area contributed by atoms with Crippen LogP contribution in [-0.2, 0) is 25.7 Å². The van der Waals surface area contributed by atoms with Gasteiger partial charge in [-0.2, -0.15) is 0 Å². The fourth-order valence-electron chi connectivity index (χ4n) is 6.36. The Morgan fingerprint density at radius 1 is 1.00 bits per heavy atom. The minimum Gasteiger partial charge on any atom is -0.467 e. The number of fused-ring (bicyclic) bond motifs is 7. The van der Waals surface area contributed by atoms with Gasteiger partial charge in [-0.3, -0.25) is 4.79 Å². The Hall–Kier alpha value is -2.96. The van der Waals surface area contributed by atoms with Gasteiger partial charge in [-0.1, -0.05) is 67.8 Å². The van der Waals surface area contributed by atoms with Crippen molar-refractivity contribution in [2.45, 2.75) is 82.6 Å². The number of allylic oxidation sites excluding steroid dienone is 1. The smallest absolute Gasteiger partial charge is 0.328 e. The van der Waals surface area contributed by atoms with Gasteiger partial charge in [0.25, 0.3) is 0 Å². The van der Waals surface area contributed by atoms with Crippen LogP contribution in [0.2, 0.25) is 0 Å². The second kappa shape index (κ2) is 13.4. The zero-order valence-corrected chi connectivity index (χ0v) is 23.1. The highest BCUT2D eigenvalue weighted by atomic mass is 16.5. The fourth-order valence-corrected chi connectivity index (χ4v) is 6.36. The number of esters is 1. The summed E-state index contributed by atoms with van der Waals surface area (Å²) in [6.45, 7) is 1.63. The van der Waals surface area contributed by atoms with Gasteiger partial charge in [0.1, 0.15) is 6.04 Å². The molecule has 0 unspecified atom stereocenters. The Kier molecular flexibility index (Phi) is 9.49. The molecule has 208 valence electrons. The van der Waals surface area contributed by atoms with Crippen LogP contribution in [0.4, 0.5) is 0 Å². The highest BCUT2D eigenvalue weighted by Crippen LogP contribution is 2.31. The second-order valence-corrected chi connectivity index (χ2v) is 11.3. The van der Waals surface area contributed by atoms with Crippen molar-refractivity contribution in [3.8, 4) is 11.1 Å². The lowest BCUT2D eigenvalue weighted by atomic mass is 9.83. The molecule has 1 saturated heterocycles. The van der Waals surface area contributed by atoms with Crippen molar-refractivity contribution >= 4 is 18.0 Å². The molecule has 6 nitrogen and oxygen atoms in total. The average molecular weight is 531 g/mol. The van der Waals surface area contributed by atoms with Crippen LogP contribution in [-0.4, -0.2) is 55.2 Å². The topological polar surface area (TPSA) is 67.9 Å². The highest BCUT2D eigenvalue weighted by Gasteiger charge is 2.44. The second-order valence-electron chi connectivity index (χ2n) is 11.3. The van der Waals surface area contributed by atoms with Crippen molar-refractivity contribution in [3.63, 3.8) is 0 Å². The number of carbonyl (C=O) groups is 2. The van der Waals surface area contributed by atoms with Crippen molar-refractivity contribution in [1.82, 2.24) is 10.2 Å². The van der Waals surface area contributed by atoms with Crippen LogP contribution in [0.15, 0.2) is 54.6 Å². The van der Waals surface area contributed by atoms with Crippen molar-refractivity contribution in [1.29, 1.82) is 0 Å². The molecular formula is C33H42N2O4. The quantitative estimate of drug-likeness (QED) is 0.501. The van der Waals surface area contributed by atoms with E-state index >= 15 is 0 Å². The third-order valence-corrected chi connectivity index (χ3v) is 8.51. The molecular weight excluding hydrogens is 488 g/mol. The first-order valence-corrected chi connectivity index (χ1v) is 14.7. The Morgan fingerprint density at radius 3 is 2.62 bits per heavy atom. The molecule has 0 radical (unpaired) electrons. The van der Waals surface area contributed by atoms with Gasteiger partial charge in [-0.15, -0.1) is 0 Å². The molecule has 2 heterocycles. The summed E-state index contributed by atoms with van der Waals surface area (Å²) in [6, 6.07) is 16.2. The van der Waals surface area contributed by atoms with Crippen LogP contribution in [0.5, 0.6) is 0 Å². The molecule has 6 heteroatoms. The number of nitrogens with zero attached hydrogens (tertiary/aromatic N) is 1. The number of rotatable bonds is 2. The molecule has 2 fully saturated rings. The van der Waals surface area contributed by atoms with Gasteiger partial charge in [0.15, 0.2) is 0 Å². The molecule has 2 aliphatic heterocycles. The van der Waals surface area contributed by atoms with Gasteiger partial charge >= 0.3 is 5.97 Å².